The molecule has 4 aromatic rings. The number of para-hydroxylation sites is 1. The van der Waals surface area contributed by atoms with Crippen LogP contribution < -0.4 is 10.6 Å². The fourth-order valence-corrected chi connectivity index (χ4v) is 3.91. The maximum atomic E-state index is 5.98. The van der Waals surface area contributed by atoms with Gasteiger partial charge in [0.25, 0.3) is 0 Å². The molecule has 0 radical (unpaired) electrons. The zero-order valence-electron chi connectivity index (χ0n) is 15.5. The van der Waals surface area contributed by atoms with E-state index in [4.69, 9.17) is 16.6 Å². The molecule has 1 aromatic heterocycles. The lowest BCUT2D eigenvalue weighted by molar-refractivity contribution is 0.551. The number of nitrogens with zero attached hydrogens (tertiary/aromatic N) is 1. The first-order valence-electron chi connectivity index (χ1n) is 9.55. The number of fused-ring (bicyclic) bond motifs is 4. The number of benzene rings is 3. The zero-order chi connectivity index (χ0) is 18.6. The molecule has 27 heavy (non-hydrogen) atoms. The highest BCUT2D eigenvalue weighted by molar-refractivity contribution is 6.18. The van der Waals surface area contributed by atoms with Gasteiger partial charge in [0, 0.05) is 41.2 Å². The Kier molecular flexibility index (Phi) is 5.42. The molecule has 0 saturated carbocycles. The average molecular weight is 378 g/mol. The van der Waals surface area contributed by atoms with Crippen molar-refractivity contribution in [3.05, 3.63) is 60.7 Å². The van der Waals surface area contributed by atoms with Crippen LogP contribution in [-0.2, 0) is 0 Å². The first-order chi connectivity index (χ1) is 13.3. The van der Waals surface area contributed by atoms with Crippen LogP contribution in [0.1, 0.15) is 13.3 Å². The maximum absolute atomic E-state index is 5.98. The largest absolute Gasteiger partial charge is 0.383 e. The van der Waals surface area contributed by atoms with Gasteiger partial charge >= 0.3 is 0 Å². The van der Waals surface area contributed by atoms with Crippen LogP contribution in [0.2, 0.25) is 0 Å². The fraction of sp³-hybridized carbons (Fsp3) is 0.261. The Morgan fingerprint density at radius 3 is 2.48 bits per heavy atom. The number of halogens is 1. The summed E-state index contributed by atoms with van der Waals surface area (Å²) in [5.41, 5.74) is 3.22. The third-order valence-corrected chi connectivity index (χ3v) is 5.49. The summed E-state index contributed by atoms with van der Waals surface area (Å²) >= 11 is 5.98. The van der Waals surface area contributed by atoms with Gasteiger partial charge in [0.2, 0.25) is 0 Å². The molecule has 0 aliphatic rings. The predicted octanol–water partition coefficient (Wildman–Crippen LogP) is 5.56. The third-order valence-electron chi connectivity index (χ3n) is 5.11. The van der Waals surface area contributed by atoms with E-state index in [0.717, 1.165) is 47.0 Å². The second kappa shape index (κ2) is 8.12. The summed E-state index contributed by atoms with van der Waals surface area (Å²) in [7, 11) is 0. The van der Waals surface area contributed by atoms with Gasteiger partial charge in [-0.3, -0.25) is 0 Å². The summed E-state index contributed by atoms with van der Waals surface area (Å²) in [6.45, 7) is 3.86. The first kappa shape index (κ1) is 18.0. The van der Waals surface area contributed by atoms with Gasteiger partial charge in [-0.25, -0.2) is 4.98 Å². The molecule has 3 nitrogen and oxygen atoms in total. The minimum absolute atomic E-state index is 0.364. The van der Waals surface area contributed by atoms with Gasteiger partial charge in [0.05, 0.1) is 16.7 Å². The smallest absolute Gasteiger partial charge is 0.0808 e. The summed E-state index contributed by atoms with van der Waals surface area (Å²) < 4.78 is 0. The number of pyridine rings is 1. The second-order valence-corrected chi connectivity index (χ2v) is 7.14. The Hall–Kier alpha value is -2.36. The molecule has 0 aliphatic heterocycles. The molecular formula is C23H24ClN3. The quantitative estimate of drug-likeness (QED) is 0.191. The van der Waals surface area contributed by atoms with E-state index in [1.54, 1.807) is 0 Å². The minimum Gasteiger partial charge on any atom is -0.383 e. The second-order valence-electron chi connectivity index (χ2n) is 6.83. The summed E-state index contributed by atoms with van der Waals surface area (Å²) in [6.07, 6.45) is 1.04. The molecule has 0 amide bonds. The molecule has 3 aromatic carbocycles. The van der Waals surface area contributed by atoms with Crippen molar-refractivity contribution in [2.45, 2.75) is 19.4 Å². The van der Waals surface area contributed by atoms with Crippen molar-refractivity contribution < 1.29 is 0 Å². The summed E-state index contributed by atoms with van der Waals surface area (Å²) in [4.78, 5) is 4.98. The van der Waals surface area contributed by atoms with E-state index in [-0.39, 0.29) is 0 Å². The third kappa shape index (κ3) is 3.58. The summed E-state index contributed by atoms with van der Waals surface area (Å²) in [5, 5.41) is 11.9. The number of anilines is 1. The van der Waals surface area contributed by atoms with Crippen molar-refractivity contribution in [2.24, 2.45) is 0 Å². The predicted molar refractivity (Wildman–Crippen MR) is 118 cm³/mol. The minimum atomic E-state index is 0.364. The Balaban J connectivity index is 1.75. The van der Waals surface area contributed by atoms with E-state index in [1.165, 1.54) is 10.8 Å². The van der Waals surface area contributed by atoms with Crippen molar-refractivity contribution >= 4 is 49.9 Å². The number of alkyl halides is 1. The van der Waals surface area contributed by atoms with Crippen molar-refractivity contribution in [1.29, 1.82) is 0 Å². The van der Waals surface area contributed by atoms with Gasteiger partial charge in [-0.05, 0) is 17.9 Å². The molecule has 1 atom stereocenters. The molecular weight excluding hydrogens is 354 g/mol. The average Bonchev–Trinajstić information content (AvgIpc) is 2.73. The van der Waals surface area contributed by atoms with Gasteiger partial charge in [-0.2, -0.15) is 0 Å². The van der Waals surface area contributed by atoms with E-state index in [2.05, 4.69) is 72.2 Å². The molecule has 0 bridgehead atoms. The van der Waals surface area contributed by atoms with Crippen LogP contribution in [0.3, 0.4) is 0 Å². The molecule has 0 spiro atoms. The lowest BCUT2D eigenvalue weighted by Gasteiger charge is -2.17. The standard InChI is InChI=1S/C23H24ClN3/c1-2-17(15-24)25-13-14-26-22-19-9-5-6-10-21(19)27-23-18-8-4-3-7-16(18)11-12-20(22)23/h3-12,17,25H,2,13-15H2,1H3,(H,26,27). The highest BCUT2D eigenvalue weighted by Gasteiger charge is 2.11. The molecule has 0 aliphatic carbocycles. The Labute approximate surface area is 164 Å². The highest BCUT2D eigenvalue weighted by Crippen LogP contribution is 2.34. The van der Waals surface area contributed by atoms with Crippen LogP contribution >= 0.6 is 11.6 Å². The Morgan fingerprint density at radius 2 is 1.67 bits per heavy atom. The molecule has 0 saturated heterocycles. The zero-order valence-corrected chi connectivity index (χ0v) is 16.3. The van der Waals surface area contributed by atoms with Gasteiger partial charge in [0.15, 0.2) is 0 Å². The van der Waals surface area contributed by atoms with Crippen LogP contribution in [0.4, 0.5) is 5.69 Å². The summed E-state index contributed by atoms with van der Waals surface area (Å²) in [6, 6.07) is 21.5. The van der Waals surface area contributed by atoms with E-state index in [0.29, 0.717) is 11.9 Å². The van der Waals surface area contributed by atoms with E-state index >= 15 is 0 Å². The lowest BCUT2D eigenvalue weighted by atomic mass is 10.0. The topological polar surface area (TPSA) is 37.0 Å². The molecule has 138 valence electrons. The van der Waals surface area contributed by atoms with Crippen LogP contribution in [0.5, 0.6) is 0 Å². The lowest BCUT2D eigenvalue weighted by Crippen LogP contribution is -2.33. The van der Waals surface area contributed by atoms with Crippen LogP contribution in [-0.4, -0.2) is 30.0 Å². The van der Waals surface area contributed by atoms with Gasteiger partial charge in [0.1, 0.15) is 0 Å². The van der Waals surface area contributed by atoms with E-state index < -0.39 is 0 Å². The van der Waals surface area contributed by atoms with Crippen molar-refractivity contribution in [2.75, 3.05) is 24.3 Å². The fourth-order valence-electron chi connectivity index (χ4n) is 3.59. The molecule has 0 fully saturated rings. The number of rotatable bonds is 7. The Morgan fingerprint density at radius 1 is 0.889 bits per heavy atom. The van der Waals surface area contributed by atoms with E-state index in [9.17, 15) is 0 Å². The van der Waals surface area contributed by atoms with Crippen LogP contribution in [0.25, 0.3) is 32.6 Å². The van der Waals surface area contributed by atoms with Crippen molar-refractivity contribution in [3.8, 4) is 0 Å². The van der Waals surface area contributed by atoms with Crippen LogP contribution in [0, 0.1) is 0 Å². The molecule has 4 heteroatoms. The maximum Gasteiger partial charge on any atom is 0.0808 e. The number of hydrogen-bond donors (Lipinski definition) is 2. The van der Waals surface area contributed by atoms with E-state index in [1.807, 2.05) is 6.07 Å². The van der Waals surface area contributed by atoms with Gasteiger partial charge in [-0.15, -0.1) is 11.6 Å². The first-order valence-corrected chi connectivity index (χ1v) is 10.1. The summed E-state index contributed by atoms with van der Waals surface area (Å²) in [5.74, 6) is 0.642. The van der Waals surface area contributed by atoms with Crippen LogP contribution in [0.15, 0.2) is 60.7 Å². The molecule has 4 rings (SSSR count). The molecule has 1 heterocycles. The normalized spacial score (nSPS) is 12.7. The van der Waals surface area contributed by atoms with Crippen molar-refractivity contribution in [1.82, 2.24) is 10.3 Å². The number of aromatic nitrogens is 1. The highest BCUT2D eigenvalue weighted by atomic mass is 35.5. The SMILES string of the molecule is CCC(CCl)NCCNc1c2ccccc2nc2c1ccc1ccccc12. The van der Waals surface area contributed by atoms with Gasteiger partial charge in [-0.1, -0.05) is 61.5 Å². The molecule has 1 unspecified atom stereocenters. The van der Waals surface area contributed by atoms with Gasteiger partial charge < -0.3 is 10.6 Å². The Bertz CT molecular complexity index is 1070. The number of nitrogens with one attached hydrogen (secondary N) is 2. The van der Waals surface area contributed by atoms with Crippen molar-refractivity contribution in [3.63, 3.8) is 0 Å². The molecule has 2 N–H and O–H groups in total. The number of hydrogen-bond acceptors (Lipinski definition) is 3. The monoisotopic (exact) mass is 377 g/mol.